The van der Waals surface area contributed by atoms with Gasteiger partial charge in [0.25, 0.3) is 5.22 Å². The van der Waals surface area contributed by atoms with Crippen LogP contribution in [0.25, 0.3) is 0 Å². The lowest BCUT2D eigenvalue weighted by Gasteiger charge is -2.08. The number of nitrogens with one attached hydrogen (secondary N) is 1. The summed E-state index contributed by atoms with van der Waals surface area (Å²) >= 11 is 1.43. The van der Waals surface area contributed by atoms with Gasteiger partial charge in [-0.25, -0.2) is 4.98 Å². The second-order valence-electron chi connectivity index (χ2n) is 4.48. The molecule has 5 nitrogen and oxygen atoms in total. The van der Waals surface area contributed by atoms with Crippen LogP contribution in [-0.4, -0.2) is 16.6 Å². The van der Waals surface area contributed by atoms with Crippen molar-refractivity contribution in [3.05, 3.63) is 35.7 Å². The van der Waals surface area contributed by atoms with Crippen LogP contribution in [0.2, 0.25) is 0 Å². The lowest BCUT2D eigenvalue weighted by Crippen LogP contribution is -2.13. The molecule has 1 aromatic carbocycles. The average Bonchev–Trinajstić information content (AvgIpc) is 2.79. The summed E-state index contributed by atoms with van der Waals surface area (Å²) in [6, 6.07) is 5.42. The Hall–Kier alpha value is -1.95. The van der Waals surface area contributed by atoms with E-state index in [9.17, 15) is 4.79 Å². The quantitative estimate of drug-likeness (QED) is 0.654. The van der Waals surface area contributed by atoms with Gasteiger partial charge in [0.2, 0.25) is 5.91 Å². The number of amides is 1. The predicted octanol–water partition coefficient (Wildman–Crippen LogP) is 2.99. The summed E-state index contributed by atoms with van der Waals surface area (Å²) in [7, 11) is 0. The van der Waals surface area contributed by atoms with Gasteiger partial charge in [-0.1, -0.05) is 11.8 Å². The summed E-state index contributed by atoms with van der Waals surface area (Å²) in [6.07, 6.45) is 2.00. The highest BCUT2D eigenvalue weighted by atomic mass is 32.2. The van der Waals surface area contributed by atoms with E-state index in [-0.39, 0.29) is 5.91 Å². The number of oxazole rings is 1. The Morgan fingerprint density at radius 2 is 2.25 bits per heavy atom. The third kappa shape index (κ3) is 4.03. The molecule has 0 aliphatic heterocycles. The molecule has 1 aromatic heterocycles. The standard InChI is InChI=1S/C14H17N3O2S/c1-9-7-11(15)3-4-12(9)17-13(18)5-6-20-14-16-10(2)8-19-14/h3-4,7-8H,5-6,15H2,1-2H3,(H,17,18). The maximum absolute atomic E-state index is 11.8. The number of carbonyl (C=O) groups is 1. The number of thioether (sulfide) groups is 1. The van der Waals surface area contributed by atoms with Gasteiger partial charge < -0.3 is 15.5 Å². The molecule has 0 aliphatic rings. The van der Waals surface area contributed by atoms with Crippen LogP contribution in [0.3, 0.4) is 0 Å². The summed E-state index contributed by atoms with van der Waals surface area (Å²) in [5, 5.41) is 3.47. The van der Waals surface area contributed by atoms with Crippen molar-refractivity contribution in [1.82, 2.24) is 4.98 Å². The normalized spacial score (nSPS) is 10.5. The highest BCUT2D eigenvalue weighted by Crippen LogP contribution is 2.20. The van der Waals surface area contributed by atoms with E-state index in [0.29, 0.717) is 23.1 Å². The summed E-state index contributed by atoms with van der Waals surface area (Å²) in [6.45, 7) is 3.78. The second kappa shape index (κ2) is 6.47. The molecule has 1 amide bonds. The molecule has 0 unspecified atom stereocenters. The molecule has 0 saturated heterocycles. The minimum absolute atomic E-state index is 0.0337. The van der Waals surface area contributed by atoms with E-state index in [2.05, 4.69) is 10.3 Å². The van der Waals surface area contributed by atoms with E-state index < -0.39 is 0 Å². The molecule has 1 heterocycles. The topological polar surface area (TPSA) is 81.2 Å². The van der Waals surface area contributed by atoms with E-state index in [1.54, 1.807) is 12.3 Å². The highest BCUT2D eigenvalue weighted by Gasteiger charge is 2.07. The Balaban J connectivity index is 1.80. The molecule has 0 aliphatic carbocycles. The van der Waals surface area contributed by atoms with Crippen molar-refractivity contribution >= 4 is 29.0 Å². The van der Waals surface area contributed by atoms with Crippen LogP contribution < -0.4 is 11.1 Å². The number of carbonyl (C=O) groups excluding carboxylic acids is 1. The van der Waals surface area contributed by atoms with Crippen LogP contribution in [0.5, 0.6) is 0 Å². The largest absolute Gasteiger partial charge is 0.440 e. The van der Waals surface area contributed by atoms with Crippen LogP contribution in [0, 0.1) is 13.8 Å². The van der Waals surface area contributed by atoms with Crippen LogP contribution in [-0.2, 0) is 4.79 Å². The molecular weight excluding hydrogens is 274 g/mol. The lowest BCUT2D eigenvalue weighted by molar-refractivity contribution is -0.115. The Bertz CT molecular complexity index is 610. The van der Waals surface area contributed by atoms with Crippen molar-refractivity contribution in [2.24, 2.45) is 0 Å². The predicted molar refractivity (Wildman–Crippen MR) is 80.8 cm³/mol. The van der Waals surface area contributed by atoms with Crippen LogP contribution in [0.15, 0.2) is 34.1 Å². The zero-order chi connectivity index (χ0) is 14.5. The SMILES string of the molecule is Cc1coc(SCCC(=O)Nc2ccc(N)cc2C)n1. The molecule has 20 heavy (non-hydrogen) atoms. The fourth-order valence-corrected chi connectivity index (χ4v) is 2.46. The van der Waals surface area contributed by atoms with Crippen LogP contribution >= 0.6 is 11.8 Å². The van der Waals surface area contributed by atoms with Crippen molar-refractivity contribution in [2.75, 3.05) is 16.8 Å². The van der Waals surface area contributed by atoms with Gasteiger partial charge in [-0.3, -0.25) is 4.79 Å². The molecule has 0 saturated carbocycles. The fraction of sp³-hybridized carbons (Fsp3) is 0.286. The number of hydrogen-bond donors (Lipinski definition) is 2. The minimum Gasteiger partial charge on any atom is -0.440 e. The first kappa shape index (κ1) is 14.5. The van der Waals surface area contributed by atoms with Gasteiger partial charge in [0.05, 0.1) is 5.69 Å². The van der Waals surface area contributed by atoms with Crippen LogP contribution in [0.4, 0.5) is 11.4 Å². The number of aryl methyl sites for hydroxylation is 2. The number of nitrogen functional groups attached to an aromatic ring is 1. The van der Waals surface area contributed by atoms with Gasteiger partial charge in [0, 0.05) is 23.5 Å². The van der Waals surface area contributed by atoms with Gasteiger partial charge in [-0.05, 0) is 37.6 Å². The smallest absolute Gasteiger partial charge is 0.255 e. The first-order valence-electron chi connectivity index (χ1n) is 6.25. The Morgan fingerprint density at radius 3 is 2.90 bits per heavy atom. The summed E-state index contributed by atoms with van der Waals surface area (Å²) in [4.78, 5) is 16.0. The molecule has 6 heteroatoms. The number of nitrogens with two attached hydrogens (primary N) is 1. The second-order valence-corrected chi connectivity index (χ2v) is 5.52. The van der Waals surface area contributed by atoms with Gasteiger partial charge in [0.1, 0.15) is 6.26 Å². The van der Waals surface area contributed by atoms with Crippen molar-refractivity contribution in [2.45, 2.75) is 25.5 Å². The zero-order valence-corrected chi connectivity index (χ0v) is 12.3. The van der Waals surface area contributed by atoms with Gasteiger partial charge in [0.15, 0.2) is 0 Å². The third-order valence-electron chi connectivity index (χ3n) is 2.68. The Morgan fingerprint density at radius 1 is 1.45 bits per heavy atom. The van der Waals surface area contributed by atoms with Crippen molar-refractivity contribution in [3.8, 4) is 0 Å². The molecule has 2 rings (SSSR count). The van der Waals surface area contributed by atoms with E-state index in [1.807, 2.05) is 26.0 Å². The monoisotopic (exact) mass is 291 g/mol. The Labute approximate surface area is 122 Å². The summed E-state index contributed by atoms with van der Waals surface area (Å²) in [5.41, 5.74) is 8.95. The first-order valence-corrected chi connectivity index (χ1v) is 7.24. The summed E-state index contributed by atoms with van der Waals surface area (Å²) in [5.74, 6) is 0.591. The molecule has 0 fully saturated rings. The molecule has 3 N–H and O–H groups in total. The molecule has 0 atom stereocenters. The maximum Gasteiger partial charge on any atom is 0.255 e. The van der Waals surface area contributed by atoms with E-state index >= 15 is 0 Å². The molecule has 0 bridgehead atoms. The number of aromatic nitrogens is 1. The fourth-order valence-electron chi connectivity index (χ4n) is 1.67. The van der Waals surface area contributed by atoms with E-state index in [4.69, 9.17) is 10.2 Å². The molecule has 0 spiro atoms. The zero-order valence-electron chi connectivity index (χ0n) is 11.5. The highest BCUT2D eigenvalue weighted by molar-refractivity contribution is 7.99. The number of benzene rings is 1. The van der Waals surface area contributed by atoms with Crippen LogP contribution in [0.1, 0.15) is 17.7 Å². The molecule has 106 valence electrons. The lowest BCUT2D eigenvalue weighted by atomic mass is 10.2. The van der Waals surface area contributed by atoms with Gasteiger partial charge >= 0.3 is 0 Å². The number of rotatable bonds is 5. The number of nitrogens with zero attached hydrogens (tertiary/aromatic N) is 1. The van der Waals surface area contributed by atoms with Crippen molar-refractivity contribution in [1.29, 1.82) is 0 Å². The molecule has 0 radical (unpaired) electrons. The van der Waals surface area contributed by atoms with Crippen molar-refractivity contribution in [3.63, 3.8) is 0 Å². The van der Waals surface area contributed by atoms with Crippen molar-refractivity contribution < 1.29 is 9.21 Å². The van der Waals surface area contributed by atoms with Gasteiger partial charge in [-0.2, -0.15) is 0 Å². The molecular formula is C14H17N3O2S. The minimum atomic E-state index is -0.0337. The maximum atomic E-state index is 11.8. The Kier molecular flexibility index (Phi) is 4.68. The van der Waals surface area contributed by atoms with E-state index in [0.717, 1.165) is 16.9 Å². The summed E-state index contributed by atoms with van der Waals surface area (Å²) < 4.78 is 5.20. The number of hydrogen-bond acceptors (Lipinski definition) is 5. The molecule has 2 aromatic rings. The first-order chi connectivity index (χ1) is 9.54. The van der Waals surface area contributed by atoms with Gasteiger partial charge in [-0.15, -0.1) is 0 Å². The third-order valence-corrected chi connectivity index (χ3v) is 3.52. The number of anilines is 2. The average molecular weight is 291 g/mol. The van der Waals surface area contributed by atoms with E-state index in [1.165, 1.54) is 11.8 Å².